The number of amides is 1. The lowest BCUT2D eigenvalue weighted by atomic mass is 10.0. The third kappa shape index (κ3) is 5.45. The molecular formula is C24H31N7O5. The number of aromatic nitrogens is 4. The molecule has 4 atom stereocenters. The minimum absolute atomic E-state index is 0.143. The van der Waals surface area contributed by atoms with E-state index < -0.39 is 30.4 Å². The van der Waals surface area contributed by atoms with E-state index in [0.29, 0.717) is 37.1 Å². The monoisotopic (exact) mass is 497 g/mol. The van der Waals surface area contributed by atoms with Gasteiger partial charge in [-0.25, -0.2) is 4.98 Å². The van der Waals surface area contributed by atoms with Gasteiger partial charge >= 0.3 is 0 Å². The molecule has 1 aliphatic heterocycles. The number of nitrogens with zero attached hydrogens (tertiary/aromatic N) is 4. The summed E-state index contributed by atoms with van der Waals surface area (Å²) in [7, 11) is 0. The third-order valence-electron chi connectivity index (χ3n) is 6.06. The molecule has 36 heavy (non-hydrogen) atoms. The van der Waals surface area contributed by atoms with Gasteiger partial charge in [0.15, 0.2) is 23.8 Å². The van der Waals surface area contributed by atoms with Gasteiger partial charge in [-0.15, -0.1) is 0 Å². The Labute approximate surface area is 207 Å². The fourth-order valence-electron chi connectivity index (χ4n) is 4.10. The number of hydrogen-bond acceptors (Lipinski definition) is 10. The van der Waals surface area contributed by atoms with Crippen LogP contribution in [0, 0.1) is 0 Å². The number of aliphatic hydroxyl groups excluding tert-OH is 2. The first-order valence-electron chi connectivity index (χ1n) is 11.9. The molecule has 1 fully saturated rings. The van der Waals surface area contributed by atoms with Gasteiger partial charge in [0, 0.05) is 19.5 Å². The van der Waals surface area contributed by atoms with Gasteiger partial charge in [0.25, 0.3) is 5.91 Å². The molecule has 0 bridgehead atoms. The molecule has 0 spiro atoms. The van der Waals surface area contributed by atoms with Crippen molar-refractivity contribution in [3.8, 4) is 0 Å². The number of ether oxygens (including phenoxy) is 1. The summed E-state index contributed by atoms with van der Waals surface area (Å²) in [5, 5.41) is 26.6. The van der Waals surface area contributed by atoms with Crippen LogP contribution in [-0.4, -0.2) is 72.8 Å². The van der Waals surface area contributed by atoms with Gasteiger partial charge in [-0.3, -0.25) is 9.36 Å². The Balaban J connectivity index is 1.45. The predicted octanol–water partition coefficient (Wildman–Crippen LogP) is 0.340. The van der Waals surface area contributed by atoms with Crippen LogP contribution >= 0.6 is 0 Å². The number of benzene rings is 1. The molecule has 0 radical (unpaired) electrons. The number of imidazole rings is 1. The van der Waals surface area contributed by atoms with Crippen LogP contribution in [-0.2, 0) is 27.2 Å². The normalized spacial score (nSPS) is 21.6. The molecule has 3 aromatic rings. The Morgan fingerprint density at radius 1 is 1.11 bits per heavy atom. The van der Waals surface area contributed by atoms with Gasteiger partial charge < -0.3 is 36.1 Å². The summed E-state index contributed by atoms with van der Waals surface area (Å²) in [6.45, 7) is 4.24. The van der Waals surface area contributed by atoms with Crippen molar-refractivity contribution in [3.05, 3.63) is 41.7 Å². The van der Waals surface area contributed by atoms with Crippen molar-refractivity contribution in [1.82, 2.24) is 24.8 Å². The van der Waals surface area contributed by atoms with Gasteiger partial charge in [0.05, 0.1) is 6.33 Å². The number of fused-ring (bicyclic) bond motifs is 1. The zero-order valence-electron chi connectivity index (χ0n) is 20.2. The van der Waals surface area contributed by atoms with Crippen LogP contribution in [0.15, 0.2) is 30.6 Å². The van der Waals surface area contributed by atoms with E-state index in [0.717, 1.165) is 17.5 Å². The highest BCUT2D eigenvalue weighted by Gasteiger charge is 2.47. The van der Waals surface area contributed by atoms with E-state index in [4.69, 9.17) is 10.5 Å². The SMILES string of the molecule is CCNC(=O)[C@H]1O[C@@H](n2cnc3c(N)nc(NCCc4ccc(CCC(C)=O)cc4)nc32)[C@@H](O)C1O. The molecule has 1 aliphatic rings. The summed E-state index contributed by atoms with van der Waals surface area (Å²) < 4.78 is 7.12. The minimum atomic E-state index is -1.41. The average Bonchev–Trinajstić information content (AvgIpc) is 3.40. The van der Waals surface area contributed by atoms with Gasteiger partial charge in [0.2, 0.25) is 5.95 Å². The van der Waals surface area contributed by atoms with E-state index in [1.54, 1.807) is 13.8 Å². The standard InChI is InChI=1S/C24H31N7O5/c1-3-26-22(35)19-17(33)18(34)23(36-19)31-12-28-16-20(25)29-24(30-21(16)31)27-11-10-15-8-6-14(7-9-15)5-4-13(2)32/h6-9,12,17-19,23,33-34H,3-5,10-11H2,1-2H3,(H,26,35)(H3,25,27,29,30)/t17?,18-,19-,23+/m0/s1. The minimum Gasteiger partial charge on any atom is -0.387 e. The number of aliphatic hydroxyl groups is 2. The number of nitrogens with two attached hydrogens (primary N) is 1. The Morgan fingerprint density at radius 3 is 2.47 bits per heavy atom. The molecule has 192 valence electrons. The molecule has 0 aliphatic carbocycles. The number of nitrogens with one attached hydrogen (secondary N) is 2. The smallest absolute Gasteiger partial charge is 0.252 e. The quantitative estimate of drug-likeness (QED) is 0.262. The molecule has 1 saturated heterocycles. The van der Waals surface area contributed by atoms with Crippen LogP contribution in [0.25, 0.3) is 11.2 Å². The Bertz CT molecular complexity index is 1230. The summed E-state index contributed by atoms with van der Waals surface area (Å²) in [6.07, 6.45) is -1.74. The van der Waals surface area contributed by atoms with Crippen LogP contribution in [0.2, 0.25) is 0 Å². The summed E-state index contributed by atoms with van der Waals surface area (Å²) in [5.41, 5.74) is 8.93. The first-order chi connectivity index (χ1) is 17.3. The Kier molecular flexibility index (Phi) is 7.77. The largest absolute Gasteiger partial charge is 0.387 e. The van der Waals surface area contributed by atoms with Crippen molar-refractivity contribution in [1.29, 1.82) is 0 Å². The van der Waals surface area contributed by atoms with Crippen LogP contribution < -0.4 is 16.4 Å². The molecule has 3 heterocycles. The number of rotatable bonds is 10. The zero-order valence-corrected chi connectivity index (χ0v) is 20.2. The van der Waals surface area contributed by atoms with Crippen molar-refractivity contribution in [2.24, 2.45) is 0 Å². The molecule has 6 N–H and O–H groups in total. The number of anilines is 2. The number of likely N-dealkylation sites (N-methyl/N-ethyl adjacent to an activating group) is 1. The number of carbonyl (C=O) groups is 2. The molecule has 1 amide bonds. The van der Waals surface area contributed by atoms with E-state index in [1.807, 2.05) is 24.3 Å². The first kappa shape index (κ1) is 25.5. The molecule has 2 aromatic heterocycles. The first-order valence-corrected chi connectivity index (χ1v) is 11.9. The summed E-state index contributed by atoms with van der Waals surface area (Å²) >= 11 is 0. The number of Topliss-reactive ketones (excluding diaryl/α,β-unsaturated/α-hetero) is 1. The maximum Gasteiger partial charge on any atom is 0.252 e. The van der Waals surface area contributed by atoms with Gasteiger partial charge in [-0.1, -0.05) is 24.3 Å². The van der Waals surface area contributed by atoms with E-state index in [9.17, 15) is 19.8 Å². The van der Waals surface area contributed by atoms with Crippen molar-refractivity contribution in [3.63, 3.8) is 0 Å². The highest BCUT2D eigenvalue weighted by molar-refractivity contribution is 5.83. The number of aryl methyl sites for hydroxylation is 1. The maximum absolute atomic E-state index is 12.2. The topological polar surface area (TPSA) is 178 Å². The molecule has 0 saturated carbocycles. The number of hydrogen-bond donors (Lipinski definition) is 5. The zero-order chi connectivity index (χ0) is 25.8. The number of nitrogen functional groups attached to an aromatic ring is 1. The number of ketones is 1. The lowest BCUT2D eigenvalue weighted by Crippen LogP contribution is -2.42. The number of carbonyl (C=O) groups excluding carboxylic acids is 2. The summed E-state index contributed by atoms with van der Waals surface area (Å²) in [6, 6.07) is 8.10. The molecule has 1 unspecified atom stereocenters. The molecule has 12 nitrogen and oxygen atoms in total. The second-order valence-corrected chi connectivity index (χ2v) is 8.77. The average molecular weight is 498 g/mol. The highest BCUT2D eigenvalue weighted by Crippen LogP contribution is 2.32. The predicted molar refractivity (Wildman–Crippen MR) is 132 cm³/mol. The van der Waals surface area contributed by atoms with Crippen LogP contribution in [0.1, 0.15) is 37.6 Å². The van der Waals surface area contributed by atoms with Gasteiger partial charge in [-0.2, -0.15) is 9.97 Å². The summed E-state index contributed by atoms with van der Waals surface area (Å²) in [5.74, 6) is 0.0738. The fourth-order valence-corrected chi connectivity index (χ4v) is 4.10. The molecule has 4 rings (SSSR count). The lowest BCUT2D eigenvalue weighted by molar-refractivity contribution is -0.137. The van der Waals surface area contributed by atoms with Crippen LogP contribution in [0.4, 0.5) is 11.8 Å². The van der Waals surface area contributed by atoms with E-state index in [-0.39, 0.29) is 17.5 Å². The second kappa shape index (κ2) is 11.0. The van der Waals surface area contributed by atoms with Crippen molar-refractivity contribution >= 4 is 34.6 Å². The van der Waals surface area contributed by atoms with Crippen LogP contribution in [0.3, 0.4) is 0 Å². The van der Waals surface area contributed by atoms with Gasteiger partial charge in [-0.05, 0) is 37.8 Å². The third-order valence-corrected chi connectivity index (χ3v) is 6.06. The molecular weight excluding hydrogens is 466 g/mol. The second-order valence-electron chi connectivity index (χ2n) is 8.77. The van der Waals surface area contributed by atoms with Crippen molar-refractivity contribution in [2.75, 3.05) is 24.1 Å². The molecule has 1 aromatic carbocycles. The fraction of sp³-hybridized carbons (Fsp3) is 0.458. The Morgan fingerprint density at radius 2 is 1.81 bits per heavy atom. The van der Waals surface area contributed by atoms with Gasteiger partial charge in [0.1, 0.15) is 23.5 Å². The van der Waals surface area contributed by atoms with Crippen molar-refractivity contribution in [2.45, 2.75) is 57.6 Å². The summed E-state index contributed by atoms with van der Waals surface area (Å²) in [4.78, 5) is 36.3. The molecule has 12 heteroatoms. The van der Waals surface area contributed by atoms with E-state index in [1.165, 1.54) is 10.9 Å². The maximum atomic E-state index is 12.2. The van der Waals surface area contributed by atoms with E-state index in [2.05, 4.69) is 25.6 Å². The Hall–Kier alpha value is -3.61. The highest BCUT2D eigenvalue weighted by atomic mass is 16.6. The lowest BCUT2D eigenvalue weighted by Gasteiger charge is -2.16. The van der Waals surface area contributed by atoms with Crippen molar-refractivity contribution < 1.29 is 24.5 Å². The van der Waals surface area contributed by atoms with E-state index >= 15 is 0 Å². The van der Waals surface area contributed by atoms with Crippen LogP contribution in [0.5, 0.6) is 0 Å².